The molecule has 1 aromatic carbocycles. The zero-order valence-corrected chi connectivity index (χ0v) is 11.5. The number of nitro groups is 1. The largest absolute Gasteiger partial charge is 0.364 e. The molecule has 0 amide bonds. The maximum atomic E-state index is 11.1. The summed E-state index contributed by atoms with van der Waals surface area (Å²) in [4.78, 5) is 14.5. The number of nitrogens with zero attached hydrogens (tertiary/aromatic N) is 3. The molecule has 0 aliphatic rings. The molecule has 2 aromatic rings. The second-order valence-electron chi connectivity index (χ2n) is 4.62. The predicted molar refractivity (Wildman–Crippen MR) is 79.0 cm³/mol. The number of nitrogens with one attached hydrogen (secondary N) is 1. The number of benzene rings is 1. The molecule has 1 atom stereocenters. The number of aromatic nitrogens is 1. The molecule has 21 heavy (non-hydrogen) atoms. The minimum absolute atomic E-state index is 0.00450. The van der Waals surface area contributed by atoms with E-state index < -0.39 is 4.92 Å². The lowest BCUT2D eigenvalue weighted by Crippen LogP contribution is -2.12. The number of anilines is 1. The quantitative estimate of drug-likeness (QED) is 0.672. The van der Waals surface area contributed by atoms with Gasteiger partial charge in [-0.15, -0.1) is 0 Å². The van der Waals surface area contributed by atoms with Crippen LogP contribution in [-0.4, -0.2) is 16.5 Å². The van der Waals surface area contributed by atoms with Crippen molar-refractivity contribution in [2.75, 3.05) is 11.9 Å². The third-order valence-electron chi connectivity index (χ3n) is 3.17. The van der Waals surface area contributed by atoms with E-state index in [0.717, 1.165) is 5.56 Å². The van der Waals surface area contributed by atoms with Crippen LogP contribution in [-0.2, 0) is 0 Å². The smallest absolute Gasteiger partial charge is 0.328 e. The van der Waals surface area contributed by atoms with Crippen LogP contribution in [0, 0.1) is 21.4 Å². The highest BCUT2D eigenvalue weighted by Crippen LogP contribution is 2.26. The monoisotopic (exact) mass is 282 g/mol. The van der Waals surface area contributed by atoms with Gasteiger partial charge in [0.1, 0.15) is 11.6 Å². The van der Waals surface area contributed by atoms with E-state index in [1.165, 1.54) is 12.3 Å². The summed E-state index contributed by atoms with van der Waals surface area (Å²) in [6.45, 7) is 2.51. The molecule has 0 saturated carbocycles. The minimum atomic E-state index is -0.582. The number of rotatable bonds is 5. The molecule has 0 aliphatic carbocycles. The summed E-state index contributed by atoms with van der Waals surface area (Å²) in [6.07, 6.45) is 1.39. The molecule has 6 heteroatoms. The number of nitriles is 1. The van der Waals surface area contributed by atoms with Crippen LogP contribution in [0.2, 0.25) is 0 Å². The van der Waals surface area contributed by atoms with Crippen molar-refractivity contribution < 1.29 is 4.92 Å². The van der Waals surface area contributed by atoms with E-state index in [-0.39, 0.29) is 23.0 Å². The molecule has 0 aliphatic heterocycles. The van der Waals surface area contributed by atoms with Gasteiger partial charge < -0.3 is 5.32 Å². The van der Waals surface area contributed by atoms with Crippen molar-refractivity contribution in [2.24, 2.45) is 0 Å². The van der Waals surface area contributed by atoms with Crippen molar-refractivity contribution in [3.63, 3.8) is 0 Å². The summed E-state index contributed by atoms with van der Waals surface area (Å²) in [5.74, 6) is 0.292. The summed E-state index contributed by atoms with van der Waals surface area (Å²) in [7, 11) is 0. The van der Waals surface area contributed by atoms with Crippen molar-refractivity contribution in [2.45, 2.75) is 12.8 Å². The van der Waals surface area contributed by atoms with Crippen LogP contribution in [0.1, 0.15) is 24.0 Å². The number of pyridine rings is 1. The molecule has 1 aromatic heterocycles. The van der Waals surface area contributed by atoms with E-state index in [0.29, 0.717) is 6.54 Å². The highest BCUT2D eigenvalue weighted by Gasteiger charge is 2.21. The zero-order chi connectivity index (χ0) is 15.2. The zero-order valence-electron chi connectivity index (χ0n) is 11.5. The maximum Gasteiger partial charge on any atom is 0.328 e. The first kappa shape index (κ1) is 14.5. The first-order valence-electron chi connectivity index (χ1n) is 6.45. The molecule has 0 radical (unpaired) electrons. The van der Waals surface area contributed by atoms with Crippen LogP contribution < -0.4 is 5.32 Å². The van der Waals surface area contributed by atoms with Gasteiger partial charge in [0.25, 0.3) is 0 Å². The fraction of sp³-hybridized carbons (Fsp3) is 0.200. The minimum Gasteiger partial charge on any atom is -0.364 e. The summed E-state index contributed by atoms with van der Waals surface area (Å²) in [5, 5.41) is 23.0. The van der Waals surface area contributed by atoms with Crippen molar-refractivity contribution in [3.05, 3.63) is 63.8 Å². The van der Waals surface area contributed by atoms with E-state index in [2.05, 4.69) is 10.3 Å². The Labute approximate surface area is 122 Å². The summed E-state index contributed by atoms with van der Waals surface area (Å²) in [6, 6.07) is 13.0. The lowest BCUT2D eigenvalue weighted by atomic mass is 10.0. The van der Waals surface area contributed by atoms with Gasteiger partial charge in [-0.25, -0.2) is 4.98 Å². The molecular formula is C15H14N4O2. The van der Waals surface area contributed by atoms with Crippen LogP contribution in [0.15, 0.2) is 42.6 Å². The Balaban J connectivity index is 2.18. The van der Waals surface area contributed by atoms with E-state index in [1.807, 2.05) is 43.3 Å². The second kappa shape index (κ2) is 6.48. The molecule has 2 rings (SSSR count). The Hall–Kier alpha value is -2.94. The Morgan fingerprint density at radius 1 is 1.38 bits per heavy atom. The lowest BCUT2D eigenvalue weighted by Gasteiger charge is -2.13. The molecule has 0 fully saturated rings. The molecule has 0 spiro atoms. The van der Waals surface area contributed by atoms with Gasteiger partial charge in [-0.3, -0.25) is 10.1 Å². The highest BCUT2D eigenvalue weighted by atomic mass is 16.6. The van der Waals surface area contributed by atoms with Crippen LogP contribution in [0.3, 0.4) is 0 Å². The average molecular weight is 282 g/mol. The average Bonchev–Trinajstić information content (AvgIpc) is 2.52. The first-order valence-corrected chi connectivity index (χ1v) is 6.45. The Bertz CT molecular complexity index is 680. The Morgan fingerprint density at radius 2 is 2.10 bits per heavy atom. The third kappa shape index (κ3) is 3.34. The molecule has 0 bridgehead atoms. The topological polar surface area (TPSA) is 91.8 Å². The molecule has 1 unspecified atom stereocenters. The van der Waals surface area contributed by atoms with Gasteiger partial charge in [0, 0.05) is 12.7 Å². The van der Waals surface area contributed by atoms with Crippen molar-refractivity contribution in [1.29, 1.82) is 5.26 Å². The SMILES string of the molecule is CC(CNc1nccc(C#N)c1[N+](=O)[O-])c1ccccc1. The molecule has 1 N–H and O–H groups in total. The number of hydrogen-bond donors (Lipinski definition) is 1. The molecule has 106 valence electrons. The molecule has 1 heterocycles. The van der Waals surface area contributed by atoms with Gasteiger partial charge in [-0.1, -0.05) is 37.3 Å². The van der Waals surface area contributed by atoms with Crippen LogP contribution >= 0.6 is 0 Å². The number of hydrogen-bond acceptors (Lipinski definition) is 5. The van der Waals surface area contributed by atoms with Crippen LogP contribution in [0.25, 0.3) is 0 Å². The van der Waals surface area contributed by atoms with Crippen LogP contribution in [0.5, 0.6) is 0 Å². The van der Waals surface area contributed by atoms with Gasteiger partial charge in [0.05, 0.1) is 4.92 Å². The van der Waals surface area contributed by atoms with Crippen molar-refractivity contribution in [3.8, 4) is 6.07 Å². The maximum absolute atomic E-state index is 11.1. The van der Waals surface area contributed by atoms with Crippen molar-refractivity contribution >= 4 is 11.5 Å². The van der Waals surface area contributed by atoms with E-state index in [9.17, 15) is 10.1 Å². The van der Waals surface area contributed by atoms with Crippen LogP contribution in [0.4, 0.5) is 11.5 Å². The summed E-state index contributed by atoms with van der Waals surface area (Å²) < 4.78 is 0. The Morgan fingerprint density at radius 3 is 2.71 bits per heavy atom. The lowest BCUT2D eigenvalue weighted by molar-refractivity contribution is -0.384. The normalized spacial score (nSPS) is 11.4. The molecule has 0 saturated heterocycles. The second-order valence-corrected chi connectivity index (χ2v) is 4.62. The highest BCUT2D eigenvalue weighted by molar-refractivity contribution is 5.64. The predicted octanol–water partition coefficient (Wildman–Crippen LogP) is 3.08. The van der Waals surface area contributed by atoms with Crippen molar-refractivity contribution in [1.82, 2.24) is 4.98 Å². The van der Waals surface area contributed by atoms with Gasteiger partial charge in [0.2, 0.25) is 5.82 Å². The van der Waals surface area contributed by atoms with E-state index >= 15 is 0 Å². The van der Waals surface area contributed by atoms with E-state index in [4.69, 9.17) is 5.26 Å². The molecular weight excluding hydrogens is 268 g/mol. The summed E-state index contributed by atoms with van der Waals surface area (Å²) >= 11 is 0. The Kier molecular flexibility index (Phi) is 4.46. The fourth-order valence-corrected chi connectivity index (χ4v) is 2.01. The third-order valence-corrected chi connectivity index (χ3v) is 3.17. The van der Waals surface area contributed by atoms with Gasteiger partial charge in [0.15, 0.2) is 0 Å². The fourth-order valence-electron chi connectivity index (χ4n) is 2.01. The van der Waals surface area contributed by atoms with E-state index in [1.54, 1.807) is 0 Å². The molecule has 6 nitrogen and oxygen atoms in total. The summed E-state index contributed by atoms with van der Waals surface area (Å²) in [5.41, 5.74) is 0.856. The van der Waals surface area contributed by atoms with Gasteiger partial charge in [-0.2, -0.15) is 5.26 Å². The van der Waals surface area contributed by atoms with Gasteiger partial charge in [-0.05, 0) is 17.5 Å². The van der Waals surface area contributed by atoms with Gasteiger partial charge >= 0.3 is 5.69 Å². The standard InChI is InChI=1S/C15H14N4O2/c1-11(12-5-3-2-4-6-12)10-18-15-14(19(20)21)13(9-16)7-8-17-15/h2-8,11H,10H2,1H3,(H,17,18). The first-order chi connectivity index (χ1) is 10.1.